The molecule has 1 aromatic rings. The van der Waals surface area contributed by atoms with Gasteiger partial charge < -0.3 is 10.0 Å². The first-order valence-corrected chi connectivity index (χ1v) is 8.96. The van der Waals surface area contributed by atoms with Gasteiger partial charge in [0.05, 0.1) is 4.91 Å². The molecule has 2 heterocycles. The Hall–Kier alpha value is -2.19. The van der Waals surface area contributed by atoms with Gasteiger partial charge in [0.1, 0.15) is 10.4 Å². The number of aliphatic carboxylic acids is 1. The van der Waals surface area contributed by atoms with Gasteiger partial charge >= 0.3 is 5.97 Å². The highest BCUT2D eigenvalue weighted by Crippen LogP contribution is 2.31. The quantitative estimate of drug-likeness (QED) is 0.644. The molecular formula is C17H16N2O4S2. The van der Waals surface area contributed by atoms with E-state index in [0.29, 0.717) is 34.2 Å². The molecule has 130 valence electrons. The van der Waals surface area contributed by atoms with Crippen molar-refractivity contribution in [3.63, 3.8) is 0 Å². The Balaban J connectivity index is 1.77. The number of thioether (sulfide) groups is 1. The average Bonchev–Trinajstić information content (AvgIpc) is 3.17. The van der Waals surface area contributed by atoms with Crippen molar-refractivity contribution >= 4 is 52.2 Å². The van der Waals surface area contributed by atoms with Gasteiger partial charge in [0.25, 0.3) is 11.8 Å². The molecular weight excluding hydrogens is 360 g/mol. The van der Waals surface area contributed by atoms with Gasteiger partial charge in [-0.25, -0.2) is 4.79 Å². The third kappa shape index (κ3) is 3.45. The minimum absolute atomic E-state index is 0.142. The molecule has 25 heavy (non-hydrogen) atoms. The summed E-state index contributed by atoms with van der Waals surface area (Å²) in [6.07, 6.45) is 2.91. The average molecular weight is 376 g/mol. The standard InChI is InChI=1S/C17H16N2O4S2/c1-18-15(21)13(25-17(18)24)9-10-4-6-11(7-5-10)14(20)19-8-2-3-12(19)16(22)23/h4-7,9,12H,2-3,8H2,1H3,(H,22,23)/b13-9+. The normalized spacial score (nSPS) is 22.1. The molecule has 1 aromatic carbocycles. The van der Waals surface area contributed by atoms with Crippen LogP contribution in [0.5, 0.6) is 0 Å². The summed E-state index contributed by atoms with van der Waals surface area (Å²) < 4.78 is 0.511. The molecule has 8 heteroatoms. The number of carbonyl (C=O) groups is 3. The number of thiocarbonyl (C=S) groups is 1. The van der Waals surface area contributed by atoms with Crippen LogP contribution in [0.25, 0.3) is 6.08 Å². The number of carboxylic acid groups (broad SMARTS) is 1. The zero-order valence-electron chi connectivity index (χ0n) is 13.5. The van der Waals surface area contributed by atoms with Crippen LogP contribution >= 0.6 is 24.0 Å². The van der Waals surface area contributed by atoms with Crippen molar-refractivity contribution in [3.05, 3.63) is 40.3 Å². The summed E-state index contributed by atoms with van der Waals surface area (Å²) in [5.41, 5.74) is 1.22. The molecule has 0 aromatic heterocycles. The van der Waals surface area contributed by atoms with Crippen LogP contribution in [-0.4, -0.2) is 56.6 Å². The van der Waals surface area contributed by atoms with E-state index in [1.807, 2.05) is 0 Å². The first kappa shape index (κ1) is 17.6. The second-order valence-electron chi connectivity index (χ2n) is 5.86. The van der Waals surface area contributed by atoms with Crippen molar-refractivity contribution in [1.82, 2.24) is 9.80 Å². The van der Waals surface area contributed by atoms with Gasteiger partial charge in [0.15, 0.2) is 0 Å². The lowest BCUT2D eigenvalue weighted by atomic mass is 10.1. The molecule has 2 aliphatic rings. The number of likely N-dealkylation sites (N-methyl/N-ethyl adjacent to an activating group) is 1. The monoisotopic (exact) mass is 376 g/mol. The number of hydrogen-bond donors (Lipinski definition) is 1. The summed E-state index contributed by atoms with van der Waals surface area (Å²) in [6, 6.07) is 6.03. The maximum atomic E-state index is 12.5. The van der Waals surface area contributed by atoms with E-state index in [2.05, 4.69) is 0 Å². The molecule has 0 radical (unpaired) electrons. The maximum absolute atomic E-state index is 12.5. The van der Waals surface area contributed by atoms with Crippen molar-refractivity contribution in [2.75, 3.05) is 13.6 Å². The Morgan fingerprint density at radius 3 is 2.56 bits per heavy atom. The highest BCUT2D eigenvalue weighted by atomic mass is 32.2. The third-order valence-electron chi connectivity index (χ3n) is 4.24. The largest absolute Gasteiger partial charge is 0.480 e. The highest BCUT2D eigenvalue weighted by molar-refractivity contribution is 8.26. The smallest absolute Gasteiger partial charge is 0.326 e. The molecule has 2 aliphatic heterocycles. The van der Waals surface area contributed by atoms with Crippen molar-refractivity contribution in [3.8, 4) is 0 Å². The van der Waals surface area contributed by atoms with Gasteiger partial charge in [0, 0.05) is 19.2 Å². The van der Waals surface area contributed by atoms with Crippen LogP contribution in [0.15, 0.2) is 29.2 Å². The highest BCUT2D eigenvalue weighted by Gasteiger charge is 2.34. The number of carbonyl (C=O) groups excluding carboxylic acids is 2. The topological polar surface area (TPSA) is 77.9 Å². The van der Waals surface area contributed by atoms with E-state index in [4.69, 9.17) is 12.2 Å². The first-order valence-electron chi connectivity index (χ1n) is 7.74. The molecule has 2 fully saturated rings. The summed E-state index contributed by atoms with van der Waals surface area (Å²) in [4.78, 5) is 39.1. The fourth-order valence-electron chi connectivity index (χ4n) is 2.85. The third-order valence-corrected chi connectivity index (χ3v) is 5.73. The van der Waals surface area contributed by atoms with Gasteiger partial charge in [-0.2, -0.15) is 0 Å². The summed E-state index contributed by atoms with van der Waals surface area (Å²) in [6.45, 7) is 0.455. The molecule has 2 saturated heterocycles. The fourth-order valence-corrected chi connectivity index (χ4v) is 4.03. The minimum atomic E-state index is -0.968. The molecule has 0 saturated carbocycles. The van der Waals surface area contributed by atoms with Crippen molar-refractivity contribution in [2.24, 2.45) is 0 Å². The summed E-state index contributed by atoms with van der Waals surface area (Å²) in [7, 11) is 1.63. The fraction of sp³-hybridized carbons (Fsp3) is 0.294. The molecule has 2 amide bonds. The molecule has 1 unspecified atom stereocenters. The Bertz CT molecular complexity index is 788. The second-order valence-corrected chi connectivity index (χ2v) is 7.53. The lowest BCUT2D eigenvalue weighted by molar-refractivity contribution is -0.141. The number of benzene rings is 1. The predicted molar refractivity (Wildman–Crippen MR) is 99.1 cm³/mol. The van der Waals surface area contributed by atoms with Gasteiger partial charge in [-0.1, -0.05) is 36.1 Å². The number of carboxylic acids is 1. The van der Waals surface area contributed by atoms with Gasteiger partial charge in [-0.05, 0) is 36.6 Å². The molecule has 0 bridgehead atoms. The molecule has 6 nitrogen and oxygen atoms in total. The summed E-state index contributed by atoms with van der Waals surface area (Å²) >= 11 is 6.33. The van der Waals surface area contributed by atoms with Crippen molar-refractivity contribution in [2.45, 2.75) is 18.9 Å². The molecule has 1 atom stereocenters. The van der Waals surface area contributed by atoms with Crippen molar-refractivity contribution in [1.29, 1.82) is 0 Å². The number of nitrogens with zero attached hydrogens (tertiary/aromatic N) is 2. The van der Waals surface area contributed by atoms with Crippen LogP contribution < -0.4 is 0 Å². The molecule has 3 rings (SSSR count). The lowest BCUT2D eigenvalue weighted by Gasteiger charge is -2.21. The predicted octanol–water partition coefficient (Wildman–Crippen LogP) is 2.21. The minimum Gasteiger partial charge on any atom is -0.480 e. The van der Waals surface area contributed by atoms with Crippen LogP contribution in [0.1, 0.15) is 28.8 Å². The lowest BCUT2D eigenvalue weighted by Crippen LogP contribution is -2.40. The van der Waals surface area contributed by atoms with E-state index >= 15 is 0 Å². The molecule has 0 aliphatic carbocycles. The molecule has 0 spiro atoms. The Morgan fingerprint density at radius 1 is 1.32 bits per heavy atom. The maximum Gasteiger partial charge on any atom is 0.326 e. The molecule has 1 N–H and O–H groups in total. The van der Waals surface area contributed by atoms with Gasteiger partial charge in [0.2, 0.25) is 0 Å². The Labute approximate surface area is 154 Å². The number of likely N-dealkylation sites (tertiary alicyclic amines) is 1. The van der Waals surface area contributed by atoms with E-state index < -0.39 is 12.0 Å². The van der Waals surface area contributed by atoms with E-state index in [1.54, 1.807) is 37.4 Å². The van der Waals surface area contributed by atoms with Crippen LogP contribution in [0, 0.1) is 0 Å². The van der Waals surface area contributed by atoms with Gasteiger partial charge in [-0.3, -0.25) is 14.5 Å². The SMILES string of the molecule is CN1C(=O)/C(=C\c2ccc(C(=O)N3CCCC3C(=O)O)cc2)SC1=S. The van der Waals surface area contributed by atoms with Crippen molar-refractivity contribution < 1.29 is 19.5 Å². The first-order chi connectivity index (χ1) is 11.9. The number of hydrogen-bond acceptors (Lipinski definition) is 5. The summed E-state index contributed by atoms with van der Waals surface area (Å²) in [5, 5.41) is 9.20. The Morgan fingerprint density at radius 2 is 2.00 bits per heavy atom. The number of amides is 2. The van der Waals surface area contributed by atoms with Crippen LogP contribution in [0.2, 0.25) is 0 Å². The van der Waals surface area contributed by atoms with Gasteiger partial charge in [-0.15, -0.1) is 0 Å². The van der Waals surface area contributed by atoms with Crippen LogP contribution in [0.4, 0.5) is 0 Å². The van der Waals surface area contributed by atoms with E-state index in [1.165, 1.54) is 21.6 Å². The van der Waals surface area contributed by atoms with E-state index in [0.717, 1.165) is 5.56 Å². The summed E-state index contributed by atoms with van der Waals surface area (Å²) in [5.74, 6) is -1.39. The van der Waals surface area contributed by atoms with Crippen LogP contribution in [-0.2, 0) is 9.59 Å². The zero-order chi connectivity index (χ0) is 18.1. The number of rotatable bonds is 3. The van der Waals surface area contributed by atoms with E-state index in [9.17, 15) is 19.5 Å². The Kier molecular flexibility index (Phi) is 4.91. The zero-order valence-corrected chi connectivity index (χ0v) is 15.1. The van der Waals surface area contributed by atoms with Crippen LogP contribution in [0.3, 0.4) is 0 Å². The van der Waals surface area contributed by atoms with E-state index in [-0.39, 0.29) is 11.8 Å². The second kappa shape index (κ2) is 6.97.